The number of aryl methyl sites for hydroxylation is 1. The van der Waals surface area contributed by atoms with Crippen molar-refractivity contribution >= 4 is 16.8 Å². The van der Waals surface area contributed by atoms with Gasteiger partial charge in [-0.25, -0.2) is 4.98 Å². The highest BCUT2D eigenvalue weighted by atomic mass is 16.5. The maximum absolute atomic E-state index is 12.5. The Bertz CT molecular complexity index is 844. The Balaban J connectivity index is 1.60. The molecule has 0 atom stereocenters. The van der Waals surface area contributed by atoms with Gasteiger partial charge in [0.1, 0.15) is 18.1 Å². The number of carbonyl (C=O) groups excluding carboxylic acids is 1. The molecule has 0 radical (unpaired) electrons. The highest BCUT2D eigenvalue weighted by molar-refractivity contribution is 5.94. The Morgan fingerprint density at radius 2 is 1.79 bits per heavy atom. The molecule has 0 spiro atoms. The topological polar surface area (TPSA) is 42.4 Å². The summed E-state index contributed by atoms with van der Waals surface area (Å²) in [5.41, 5.74) is 2.47. The maximum atomic E-state index is 12.5. The minimum Gasteiger partial charge on any atom is -0.492 e. The average Bonchev–Trinajstić information content (AvgIpc) is 2.62. The molecular formula is C20H20N2O2. The predicted molar refractivity (Wildman–Crippen MR) is 95.4 cm³/mol. The summed E-state index contributed by atoms with van der Waals surface area (Å²) in [6.07, 6.45) is 0. The molecule has 0 fully saturated rings. The van der Waals surface area contributed by atoms with Gasteiger partial charge >= 0.3 is 0 Å². The SMILES string of the molecule is Cc1ccc(OCCN(C)C(=O)c2ccc3ccccc3n2)cc1. The first-order valence-electron chi connectivity index (χ1n) is 7.94. The average molecular weight is 320 g/mol. The second-order valence-corrected chi connectivity index (χ2v) is 5.78. The van der Waals surface area contributed by atoms with E-state index < -0.39 is 0 Å². The van der Waals surface area contributed by atoms with Crippen molar-refractivity contribution in [3.8, 4) is 5.75 Å². The summed E-state index contributed by atoms with van der Waals surface area (Å²) >= 11 is 0. The summed E-state index contributed by atoms with van der Waals surface area (Å²) in [5, 5.41) is 1.03. The maximum Gasteiger partial charge on any atom is 0.272 e. The number of rotatable bonds is 5. The molecule has 3 rings (SSSR count). The van der Waals surface area contributed by atoms with E-state index in [4.69, 9.17) is 4.74 Å². The molecule has 122 valence electrons. The van der Waals surface area contributed by atoms with Crippen LogP contribution in [0, 0.1) is 6.92 Å². The van der Waals surface area contributed by atoms with Crippen molar-refractivity contribution in [3.63, 3.8) is 0 Å². The van der Waals surface area contributed by atoms with E-state index in [1.165, 1.54) is 5.56 Å². The largest absolute Gasteiger partial charge is 0.492 e. The molecule has 0 bridgehead atoms. The number of aromatic nitrogens is 1. The number of nitrogens with zero attached hydrogens (tertiary/aromatic N) is 2. The molecule has 24 heavy (non-hydrogen) atoms. The zero-order valence-corrected chi connectivity index (χ0v) is 13.9. The van der Waals surface area contributed by atoms with Crippen LogP contribution < -0.4 is 4.74 Å². The number of pyridine rings is 1. The minimum atomic E-state index is -0.103. The lowest BCUT2D eigenvalue weighted by molar-refractivity contribution is 0.0768. The lowest BCUT2D eigenvalue weighted by atomic mass is 10.2. The molecule has 0 aliphatic heterocycles. The Morgan fingerprint density at radius 1 is 1.04 bits per heavy atom. The highest BCUT2D eigenvalue weighted by Gasteiger charge is 2.13. The number of ether oxygens (including phenoxy) is 1. The van der Waals surface area contributed by atoms with Gasteiger partial charge in [0.25, 0.3) is 5.91 Å². The first-order valence-corrected chi connectivity index (χ1v) is 7.94. The Morgan fingerprint density at radius 3 is 2.58 bits per heavy atom. The van der Waals surface area contributed by atoms with Crippen molar-refractivity contribution < 1.29 is 9.53 Å². The van der Waals surface area contributed by atoms with Gasteiger partial charge in [0.05, 0.1) is 12.1 Å². The number of likely N-dealkylation sites (N-methyl/N-ethyl adjacent to an activating group) is 1. The monoisotopic (exact) mass is 320 g/mol. The van der Waals surface area contributed by atoms with Gasteiger partial charge in [-0.15, -0.1) is 0 Å². The van der Waals surface area contributed by atoms with E-state index in [2.05, 4.69) is 4.98 Å². The van der Waals surface area contributed by atoms with Crippen molar-refractivity contribution in [1.82, 2.24) is 9.88 Å². The second kappa shape index (κ2) is 7.13. The molecular weight excluding hydrogens is 300 g/mol. The van der Waals surface area contributed by atoms with Gasteiger partial charge in [0.2, 0.25) is 0 Å². The Hall–Kier alpha value is -2.88. The molecule has 3 aromatic rings. The lowest BCUT2D eigenvalue weighted by Crippen LogP contribution is -2.31. The highest BCUT2D eigenvalue weighted by Crippen LogP contribution is 2.13. The molecule has 4 heteroatoms. The van der Waals surface area contributed by atoms with Crippen molar-refractivity contribution in [3.05, 3.63) is 71.9 Å². The van der Waals surface area contributed by atoms with Crippen molar-refractivity contribution in [2.24, 2.45) is 0 Å². The van der Waals surface area contributed by atoms with Gasteiger partial charge in [-0.2, -0.15) is 0 Å². The summed E-state index contributed by atoms with van der Waals surface area (Å²) in [5.74, 6) is 0.707. The van der Waals surface area contributed by atoms with Crippen LogP contribution in [0.4, 0.5) is 0 Å². The fourth-order valence-electron chi connectivity index (χ4n) is 2.42. The van der Waals surface area contributed by atoms with Crippen LogP contribution in [0.1, 0.15) is 16.1 Å². The molecule has 2 aromatic carbocycles. The first-order chi connectivity index (χ1) is 11.6. The van der Waals surface area contributed by atoms with E-state index in [1.807, 2.05) is 61.5 Å². The predicted octanol–water partition coefficient (Wildman–Crippen LogP) is 3.69. The van der Waals surface area contributed by atoms with Gasteiger partial charge in [-0.3, -0.25) is 4.79 Å². The number of benzene rings is 2. The van der Waals surface area contributed by atoms with Crippen molar-refractivity contribution in [2.45, 2.75) is 6.92 Å². The Labute approximate surface area is 141 Å². The van der Waals surface area contributed by atoms with Crippen molar-refractivity contribution in [2.75, 3.05) is 20.2 Å². The zero-order chi connectivity index (χ0) is 16.9. The number of carbonyl (C=O) groups is 1. The molecule has 1 aromatic heterocycles. The molecule has 4 nitrogen and oxygen atoms in total. The smallest absolute Gasteiger partial charge is 0.272 e. The van der Waals surface area contributed by atoms with Crippen LogP contribution in [0.3, 0.4) is 0 Å². The van der Waals surface area contributed by atoms with Crippen LogP contribution in [0.5, 0.6) is 5.75 Å². The van der Waals surface area contributed by atoms with Gasteiger partial charge in [0, 0.05) is 12.4 Å². The molecule has 1 amide bonds. The summed E-state index contributed by atoms with van der Waals surface area (Å²) in [6.45, 7) is 2.98. The third kappa shape index (κ3) is 3.71. The third-order valence-electron chi connectivity index (χ3n) is 3.88. The third-order valence-corrected chi connectivity index (χ3v) is 3.88. The van der Waals surface area contributed by atoms with Crippen LogP contribution in [0.15, 0.2) is 60.7 Å². The van der Waals surface area contributed by atoms with E-state index in [0.717, 1.165) is 16.7 Å². The van der Waals surface area contributed by atoms with Gasteiger partial charge < -0.3 is 9.64 Å². The van der Waals surface area contributed by atoms with E-state index in [1.54, 1.807) is 18.0 Å². The molecule has 0 saturated heterocycles. The number of hydrogen-bond donors (Lipinski definition) is 0. The molecule has 0 aliphatic carbocycles. The fourth-order valence-corrected chi connectivity index (χ4v) is 2.42. The normalized spacial score (nSPS) is 10.6. The quantitative estimate of drug-likeness (QED) is 0.720. The molecule has 0 N–H and O–H groups in total. The summed E-state index contributed by atoms with van der Waals surface area (Å²) in [4.78, 5) is 18.6. The summed E-state index contributed by atoms with van der Waals surface area (Å²) in [7, 11) is 1.76. The van der Waals surface area contributed by atoms with E-state index >= 15 is 0 Å². The number of para-hydroxylation sites is 1. The fraction of sp³-hybridized carbons (Fsp3) is 0.200. The van der Waals surface area contributed by atoms with Crippen LogP contribution in [-0.4, -0.2) is 36.0 Å². The van der Waals surface area contributed by atoms with Gasteiger partial charge in [0.15, 0.2) is 0 Å². The van der Waals surface area contributed by atoms with Crippen LogP contribution in [-0.2, 0) is 0 Å². The molecule has 0 aliphatic rings. The second-order valence-electron chi connectivity index (χ2n) is 5.78. The number of fused-ring (bicyclic) bond motifs is 1. The van der Waals surface area contributed by atoms with Crippen LogP contribution >= 0.6 is 0 Å². The number of hydrogen-bond acceptors (Lipinski definition) is 3. The summed E-state index contributed by atoms with van der Waals surface area (Å²) < 4.78 is 5.67. The van der Waals surface area contributed by atoms with Gasteiger partial charge in [-0.05, 0) is 31.2 Å². The van der Waals surface area contributed by atoms with Crippen molar-refractivity contribution in [1.29, 1.82) is 0 Å². The molecule has 1 heterocycles. The zero-order valence-electron chi connectivity index (χ0n) is 13.9. The van der Waals surface area contributed by atoms with Crippen LogP contribution in [0.2, 0.25) is 0 Å². The molecule has 0 saturated carbocycles. The minimum absolute atomic E-state index is 0.103. The van der Waals surface area contributed by atoms with Crippen LogP contribution in [0.25, 0.3) is 10.9 Å². The first kappa shape index (κ1) is 16.0. The summed E-state index contributed by atoms with van der Waals surface area (Å²) in [6, 6.07) is 19.3. The van der Waals surface area contributed by atoms with E-state index in [-0.39, 0.29) is 5.91 Å². The Kier molecular flexibility index (Phi) is 4.75. The van der Waals surface area contributed by atoms with E-state index in [0.29, 0.717) is 18.8 Å². The lowest BCUT2D eigenvalue weighted by Gasteiger charge is -2.17. The molecule has 0 unspecified atom stereocenters. The standard InChI is InChI=1S/C20H20N2O2/c1-15-7-10-17(11-8-15)24-14-13-22(2)20(23)19-12-9-16-5-3-4-6-18(16)21-19/h3-12H,13-14H2,1-2H3. The van der Waals surface area contributed by atoms with Gasteiger partial charge in [-0.1, -0.05) is 42.0 Å². The van der Waals surface area contributed by atoms with E-state index in [9.17, 15) is 4.79 Å². The number of amides is 1.